The predicted molar refractivity (Wildman–Crippen MR) is 131 cm³/mol. The van der Waals surface area contributed by atoms with Crippen LogP contribution in [0.2, 0.25) is 0 Å². The van der Waals surface area contributed by atoms with Gasteiger partial charge in [0.25, 0.3) is 0 Å². The SMILES string of the molecule is COC(=O)c1ccc(C#Cc2ccccc2C(C#Cc2ccccc2)OCCI)cc1. The first kappa shape index (κ1) is 22.6. The molecule has 0 fully saturated rings. The number of rotatable bonds is 5. The maximum Gasteiger partial charge on any atom is 0.337 e. The molecule has 3 nitrogen and oxygen atoms in total. The molecule has 0 spiro atoms. The summed E-state index contributed by atoms with van der Waals surface area (Å²) in [5.41, 5.74) is 4.05. The van der Waals surface area contributed by atoms with E-state index < -0.39 is 0 Å². The van der Waals surface area contributed by atoms with Crippen LogP contribution in [0.4, 0.5) is 0 Å². The molecule has 0 aliphatic rings. The first-order valence-electron chi connectivity index (χ1n) is 9.74. The van der Waals surface area contributed by atoms with Crippen LogP contribution in [0.1, 0.15) is 38.7 Å². The predicted octanol–water partition coefficient (Wildman–Crippen LogP) is 5.42. The Morgan fingerprint density at radius 3 is 2.26 bits per heavy atom. The molecule has 0 aliphatic heterocycles. The average Bonchev–Trinajstić information content (AvgIpc) is 2.83. The van der Waals surface area contributed by atoms with E-state index in [1.165, 1.54) is 7.11 Å². The van der Waals surface area contributed by atoms with E-state index in [-0.39, 0.29) is 12.1 Å². The van der Waals surface area contributed by atoms with Crippen molar-refractivity contribution in [3.05, 3.63) is 107 Å². The molecule has 3 aromatic carbocycles. The van der Waals surface area contributed by atoms with Crippen LogP contribution in [-0.4, -0.2) is 24.1 Å². The lowest BCUT2D eigenvalue weighted by Gasteiger charge is -2.14. The Hall–Kier alpha value is -3.06. The third-order valence-corrected chi connectivity index (χ3v) is 4.81. The summed E-state index contributed by atoms with van der Waals surface area (Å²) in [5, 5.41) is 0. The minimum Gasteiger partial charge on any atom is -0.465 e. The minimum atomic E-state index is -0.373. The summed E-state index contributed by atoms with van der Waals surface area (Å²) in [6.07, 6.45) is -0.373. The lowest BCUT2D eigenvalue weighted by molar-refractivity contribution is 0.0600. The summed E-state index contributed by atoms with van der Waals surface area (Å²) in [4.78, 5) is 11.6. The molecule has 0 radical (unpaired) electrons. The number of hydrogen-bond acceptors (Lipinski definition) is 3. The van der Waals surface area contributed by atoms with Crippen molar-refractivity contribution in [3.8, 4) is 23.7 Å². The molecule has 3 rings (SSSR count). The van der Waals surface area contributed by atoms with Gasteiger partial charge in [-0.2, -0.15) is 0 Å². The van der Waals surface area contributed by atoms with E-state index in [0.717, 1.165) is 26.7 Å². The van der Waals surface area contributed by atoms with Crippen LogP contribution < -0.4 is 0 Å². The van der Waals surface area contributed by atoms with Crippen molar-refractivity contribution in [1.82, 2.24) is 0 Å². The number of carbonyl (C=O) groups is 1. The Bertz CT molecular complexity index is 1130. The second-order valence-electron chi connectivity index (χ2n) is 6.48. The van der Waals surface area contributed by atoms with Crippen LogP contribution in [-0.2, 0) is 9.47 Å². The maximum absolute atomic E-state index is 11.6. The molecule has 0 amide bonds. The highest BCUT2D eigenvalue weighted by Gasteiger charge is 2.12. The topological polar surface area (TPSA) is 35.5 Å². The zero-order chi connectivity index (χ0) is 21.9. The molecule has 0 N–H and O–H groups in total. The highest BCUT2D eigenvalue weighted by molar-refractivity contribution is 14.1. The number of esters is 1. The lowest BCUT2D eigenvalue weighted by Crippen LogP contribution is -2.06. The van der Waals surface area contributed by atoms with Gasteiger partial charge in [0.05, 0.1) is 19.3 Å². The smallest absolute Gasteiger partial charge is 0.337 e. The van der Waals surface area contributed by atoms with E-state index in [4.69, 9.17) is 9.47 Å². The molecule has 0 aromatic heterocycles. The number of hydrogen-bond donors (Lipinski definition) is 0. The van der Waals surface area contributed by atoms with Crippen molar-refractivity contribution in [2.75, 3.05) is 18.1 Å². The lowest BCUT2D eigenvalue weighted by atomic mass is 10.0. The van der Waals surface area contributed by atoms with Gasteiger partial charge in [0, 0.05) is 26.7 Å². The van der Waals surface area contributed by atoms with E-state index in [0.29, 0.717) is 12.2 Å². The van der Waals surface area contributed by atoms with E-state index in [1.807, 2.05) is 54.6 Å². The third kappa shape index (κ3) is 6.72. The van der Waals surface area contributed by atoms with Gasteiger partial charge in [-0.3, -0.25) is 0 Å². The highest BCUT2D eigenvalue weighted by atomic mass is 127. The summed E-state index contributed by atoms with van der Waals surface area (Å²) >= 11 is 2.29. The molecular weight excluding hydrogens is 499 g/mol. The average molecular weight is 520 g/mol. The molecule has 0 saturated heterocycles. The Balaban J connectivity index is 1.89. The van der Waals surface area contributed by atoms with Crippen molar-refractivity contribution in [2.45, 2.75) is 6.10 Å². The molecule has 3 aromatic rings. The zero-order valence-corrected chi connectivity index (χ0v) is 19.3. The van der Waals surface area contributed by atoms with Gasteiger partial charge in [0.15, 0.2) is 0 Å². The molecule has 0 heterocycles. The van der Waals surface area contributed by atoms with Crippen LogP contribution in [0.5, 0.6) is 0 Å². The monoisotopic (exact) mass is 520 g/mol. The summed E-state index contributed by atoms with van der Waals surface area (Å²) < 4.78 is 11.7. The largest absolute Gasteiger partial charge is 0.465 e. The fraction of sp³-hybridized carbons (Fsp3) is 0.148. The molecule has 0 bridgehead atoms. The normalized spacial score (nSPS) is 10.8. The van der Waals surface area contributed by atoms with Gasteiger partial charge in [-0.15, -0.1) is 0 Å². The number of alkyl halides is 1. The van der Waals surface area contributed by atoms with E-state index in [1.54, 1.807) is 24.3 Å². The molecule has 0 saturated carbocycles. The van der Waals surface area contributed by atoms with Crippen LogP contribution in [0.3, 0.4) is 0 Å². The molecule has 31 heavy (non-hydrogen) atoms. The first-order valence-corrected chi connectivity index (χ1v) is 11.3. The second kappa shape index (κ2) is 12.0. The van der Waals surface area contributed by atoms with Crippen molar-refractivity contribution < 1.29 is 14.3 Å². The fourth-order valence-electron chi connectivity index (χ4n) is 2.83. The molecule has 1 atom stereocenters. The van der Waals surface area contributed by atoms with E-state index in [9.17, 15) is 4.79 Å². The van der Waals surface area contributed by atoms with Gasteiger partial charge in [-0.25, -0.2) is 4.79 Å². The van der Waals surface area contributed by atoms with Crippen molar-refractivity contribution in [1.29, 1.82) is 0 Å². The van der Waals surface area contributed by atoms with Gasteiger partial charge < -0.3 is 9.47 Å². The number of carbonyl (C=O) groups excluding carboxylic acids is 1. The summed E-state index contributed by atoms with van der Waals surface area (Å²) in [6, 6.07) is 24.8. The highest BCUT2D eigenvalue weighted by Crippen LogP contribution is 2.21. The second-order valence-corrected chi connectivity index (χ2v) is 7.56. The quantitative estimate of drug-likeness (QED) is 0.195. The minimum absolute atomic E-state index is 0.364. The van der Waals surface area contributed by atoms with Crippen LogP contribution in [0.15, 0.2) is 78.9 Å². The van der Waals surface area contributed by atoms with Crippen molar-refractivity contribution in [2.24, 2.45) is 0 Å². The maximum atomic E-state index is 11.6. The Morgan fingerprint density at radius 2 is 1.55 bits per heavy atom. The van der Waals surface area contributed by atoms with Gasteiger partial charge >= 0.3 is 5.97 Å². The summed E-state index contributed by atoms with van der Waals surface area (Å²) in [7, 11) is 1.37. The van der Waals surface area contributed by atoms with Gasteiger partial charge in [-0.1, -0.05) is 82.7 Å². The van der Waals surface area contributed by atoms with Crippen LogP contribution in [0, 0.1) is 23.7 Å². The molecule has 154 valence electrons. The number of benzene rings is 3. The van der Waals surface area contributed by atoms with E-state index >= 15 is 0 Å². The number of methoxy groups -OCH3 is 1. The molecular formula is C27H21IO3. The number of ether oxygens (including phenoxy) is 2. The third-order valence-electron chi connectivity index (χ3n) is 4.37. The van der Waals surface area contributed by atoms with Crippen LogP contribution >= 0.6 is 22.6 Å². The van der Waals surface area contributed by atoms with Crippen molar-refractivity contribution >= 4 is 28.6 Å². The molecule has 4 heteroatoms. The van der Waals surface area contributed by atoms with Crippen LogP contribution in [0.25, 0.3) is 0 Å². The molecule has 1 unspecified atom stereocenters. The Morgan fingerprint density at radius 1 is 0.871 bits per heavy atom. The fourth-order valence-corrected chi connectivity index (χ4v) is 3.08. The van der Waals surface area contributed by atoms with Crippen molar-refractivity contribution in [3.63, 3.8) is 0 Å². The standard InChI is InChI=1S/C27H21IO3/c1-30-27(29)24-16-12-22(13-17-24)11-15-23-9-5-6-10-25(23)26(31-20-19-28)18-14-21-7-3-2-4-8-21/h2-10,12-13,16-17,26H,19-20H2,1H3. The Kier molecular flexibility index (Phi) is 8.72. The summed E-state index contributed by atoms with van der Waals surface area (Å²) in [5.74, 6) is 12.5. The number of halogens is 1. The Labute approximate surface area is 196 Å². The van der Waals surface area contributed by atoms with Gasteiger partial charge in [0.2, 0.25) is 0 Å². The van der Waals surface area contributed by atoms with Gasteiger partial charge in [-0.05, 0) is 42.5 Å². The van der Waals surface area contributed by atoms with Gasteiger partial charge in [0.1, 0.15) is 6.10 Å². The summed E-state index contributed by atoms with van der Waals surface area (Å²) in [6.45, 7) is 0.603. The molecule has 0 aliphatic carbocycles. The first-order chi connectivity index (χ1) is 15.2. The zero-order valence-electron chi connectivity index (χ0n) is 17.1. The van der Waals surface area contributed by atoms with E-state index in [2.05, 4.69) is 46.3 Å².